The summed E-state index contributed by atoms with van der Waals surface area (Å²) in [5.41, 5.74) is 3.35. The highest BCUT2D eigenvalue weighted by molar-refractivity contribution is 5.94. The number of halogens is 1. The first-order valence-corrected chi connectivity index (χ1v) is 12.7. The number of carbonyl (C=O) groups is 1. The Hall–Kier alpha value is -3.92. The normalized spacial score (nSPS) is 18.7. The van der Waals surface area contributed by atoms with Gasteiger partial charge in [0, 0.05) is 37.5 Å². The molecule has 0 radical (unpaired) electrons. The number of hydrogen-bond donors (Lipinski definition) is 1. The van der Waals surface area contributed by atoms with Gasteiger partial charge in [0.2, 0.25) is 0 Å². The number of nitrogens with one attached hydrogen (secondary N) is 1. The van der Waals surface area contributed by atoms with Crippen molar-refractivity contribution >= 4 is 22.9 Å². The Bertz CT molecular complexity index is 1390. The third-order valence-corrected chi connectivity index (χ3v) is 7.08. The van der Waals surface area contributed by atoms with Gasteiger partial charge in [-0.25, -0.2) is 19.3 Å². The van der Waals surface area contributed by atoms with Crippen molar-refractivity contribution in [2.75, 3.05) is 24.6 Å². The van der Waals surface area contributed by atoms with Crippen LogP contribution in [0.15, 0.2) is 55.2 Å². The van der Waals surface area contributed by atoms with Crippen LogP contribution in [0.2, 0.25) is 0 Å². The Kier molecular flexibility index (Phi) is 6.48. The lowest BCUT2D eigenvalue weighted by molar-refractivity contribution is -0.0298. The quantitative estimate of drug-likeness (QED) is 0.439. The number of anilines is 1. The van der Waals surface area contributed by atoms with Gasteiger partial charge in [-0.05, 0) is 56.4 Å². The largest absolute Gasteiger partial charge is 0.358 e. The number of pyridine rings is 1. The predicted octanol–water partition coefficient (Wildman–Crippen LogP) is 4.13. The second-order valence-electron chi connectivity index (χ2n) is 9.52. The van der Waals surface area contributed by atoms with Crippen molar-refractivity contribution in [3.8, 4) is 11.3 Å². The van der Waals surface area contributed by atoms with Crippen molar-refractivity contribution in [3.05, 3.63) is 66.6 Å². The van der Waals surface area contributed by atoms with Crippen molar-refractivity contribution in [2.45, 2.75) is 44.4 Å². The minimum Gasteiger partial charge on any atom is -0.358 e. The van der Waals surface area contributed by atoms with Gasteiger partial charge in [0.05, 0.1) is 17.6 Å². The third kappa shape index (κ3) is 4.89. The Morgan fingerprint density at radius 2 is 1.92 bits per heavy atom. The predicted molar refractivity (Wildman–Crippen MR) is 136 cm³/mol. The van der Waals surface area contributed by atoms with Crippen LogP contribution in [0, 0.1) is 5.82 Å². The van der Waals surface area contributed by atoms with Gasteiger partial charge in [-0.2, -0.15) is 0 Å². The van der Waals surface area contributed by atoms with Crippen molar-refractivity contribution in [2.24, 2.45) is 0 Å². The van der Waals surface area contributed by atoms with Crippen molar-refractivity contribution in [3.63, 3.8) is 0 Å². The maximum Gasteiger partial charge on any atom is 0.253 e. The lowest BCUT2D eigenvalue weighted by Gasteiger charge is -2.33. The molecule has 6 rings (SSSR count). The van der Waals surface area contributed by atoms with Gasteiger partial charge < -0.3 is 15.0 Å². The summed E-state index contributed by atoms with van der Waals surface area (Å²) < 4.78 is 21.4. The molecule has 2 aliphatic rings. The van der Waals surface area contributed by atoms with Crippen LogP contribution in [0.1, 0.15) is 48.7 Å². The highest BCUT2D eigenvalue weighted by Crippen LogP contribution is 2.29. The molecule has 0 bridgehead atoms. The number of hydrogen-bond acceptors (Lipinski definition) is 7. The van der Waals surface area contributed by atoms with Crippen LogP contribution in [0.25, 0.3) is 22.4 Å². The highest BCUT2D eigenvalue weighted by atomic mass is 19.1. The molecule has 2 aliphatic heterocycles. The summed E-state index contributed by atoms with van der Waals surface area (Å²) in [7, 11) is 0. The monoisotopic (exact) mass is 501 g/mol. The van der Waals surface area contributed by atoms with E-state index in [1.165, 1.54) is 18.3 Å². The summed E-state index contributed by atoms with van der Waals surface area (Å²) in [4.78, 5) is 33.0. The number of nitrogens with zero attached hydrogens (tertiary/aromatic N) is 6. The van der Waals surface area contributed by atoms with E-state index in [0.717, 1.165) is 68.8 Å². The van der Waals surface area contributed by atoms with Gasteiger partial charge in [-0.15, -0.1) is 0 Å². The van der Waals surface area contributed by atoms with E-state index in [-0.39, 0.29) is 24.0 Å². The van der Waals surface area contributed by atoms with Gasteiger partial charge in [0.25, 0.3) is 5.91 Å². The van der Waals surface area contributed by atoms with E-state index in [1.807, 2.05) is 4.57 Å². The second-order valence-corrected chi connectivity index (χ2v) is 9.52. The molecule has 2 saturated heterocycles. The van der Waals surface area contributed by atoms with E-state index < -0.39 is 0 Å². The fraction of sp³-hybridized carbons (Fsp3) is 0.370. The number of fused-ring (bicyclic) bond motifs is 1. The van der Waals surface area contributed by atoms with Gasteiger partial charge in [-0.3, -0.25) is 14.3 Å². The SMILES string of the molecule is O=C(NC1CCN(c2ncnc3c2ncn3C2CCCCO2)CC1)c1ccc(-c2cccc(F)c2)nc1. The van der Waals surface area contributed by atoms with Crippen LogP contribution < -0.4 is 10.2 Å². The fourth-order valence-electron chi connectivity index (χ4n) is 5.08. The number of ether oxygens (including phenoxy) is 1. The molecule has 1 N–H and O–H groups in total. The van der Waals surface area contributed by atoms with Crippen LogP contribution in [0.4, 0.5) is 10.2 Å². The maximum atomic E-state index is 13.5. The number of imidazole rings is 1. The number of carbonyl (C=O) groups excluding carboxylic acids is 1. The van der Waals surface area contributed by atoms with E-state index >= 15 is 0 Å². The number of rotatable bonds is 5. The average molecular weight is 502 g/mol. The molecule has 1 aromatic carbocycles. The van der Waals surface area contributed by atoms with Crippen LogP contribution in [0.5, 0.6) is 0 Å². The minimum atomic E-state index is -0.318. The summed E-state index contributed by atoms with van der Waals surface area (Å²) in [6.07, 6.45) is 9.66. The molecular weight excluding hydrogens is 473 g/mol. The molecule has 5 heterocycles. The Labute approximate surface area is 213 Å². The minimum absolute atomic E-state index is 0.0279. The third-order valence-electron chi connectivity index (χ3n) is 7.08. The number of aromatic nitrogens is 5. The zero-order valence-electron chi connectivity index (χ0n) is 20.4. The molecule has 10 heteroatoms. The maximum absolute atomic E-state index is 13.5. The summed E-state index contributed by atoms with van der Waals surface area (Å²) in [6, 6.07) is 9.77. The molecule has 9 nitrogen and oxygen atoms in total. The average Bonchev–Trinajstić information content (AvgIpc) is 3.39. The van der Waals surface area contributed by atoms with E-state index in [2.05, 4.69) is 30.2 Å². The van der Waals surface area contributed by atoms with Crippen LogP contribution in [-0.2, 0) is 4.74 Å². The first-order chi connectivity index (χ1) is 18.2. The zero-order chi connectivity index (χ0) is 25.2. The summed E-state index contributed by atoms with van der Waals surface area (Å²) in [5, 5.41) is 3.13. The molecule has 0 spiro atoms. The van der Waals surface area contributed by atoms with E-state index in [4.69, 9.17) is 4.74 Å². The van der Waals surface area contributed by atoms with Gasteiger partial charge in [0.1, 0.15) is 18.4 Å². The van der Waals surface area contributed by atoms with Crippen LogP contribution in [0.3, 0.4) is 0 Å². The molecule has 0 saturated carbocycles. The molecule has 190 valence electrons. The van der Waals surface area contributed by atoms with Crippen molar-refractivity contribution < 1.29 is 13.9 Å². The van der Waals surface area contributed by atoms with Crippen LogP contribution >= 0.6 is 0 Å². The molecule has 4 aromatic rings. The lowest BCUT2D eigenvalue weighted by atomic mass is 10.0. The van der Waals surface area contributed by atoms with E-state index in [9.17, 15) is 9.18 Å². The van der Waals surface area contributed by atoms with Gasteiger partial charge >= 0.3 is 0 Å². The smallest absolute Gasteiger partial charge is 0.253 e. The van der Waals surface area contributed by atoms with Crippen molar-refractivity contribution in [1.82, 2.24) is 29.8 Å². The Balaban J connectivity index is 1.08. The fourth-order valence-corrected chi connectivity index (χ4v) is 5.08. The number of amides is 1. The first kappa shape index (κ1) is 23.5. The Morgan fingerprint density at radius 1 is 1.03 bits per heavy atom. The van der Waals surface area contributed by atoms with Gasteiger partial charge in [0.15, 0.2) is 17.0 Å². The zero-order valence-corrected chi connectivity index (χ0v) is 20.4. The number of piperidine rings is 1. The summed E-state index contributed by atoms with van der Waals surface area (Å²) >= 11 is 0. The molecule has 3 aromatic heterocycles. The molecular formula is C27H28FN7O2. The van der Waals surface area contributed by atoms with Gasteiger partial charge in [-0.1, -0.05) is 12.1 Å². The van der Waals surface area contributed by atoms with Crippen molar-refractivity contribution in [1.29, 1.82) is 0 Å². The van der Waals surface area contributed by atoms with E-state index in [0.29, 0.717) is 16.8 Å². The molecule has 0 aliphatic carbocycles. The molecule has 1 atom stereocenters. The lowest BCUT2D eigenvalue weighted by Crippen LogP contribution is -2.45. The summed E-state index contributed by atoms with van der Waals surface area (Å²) in [6.45, 7) is 2.26. The standard InChI is InChI=1S/C27H28FN7O2/c28-20-5-3-4-18(14-20)22-8-7-19(15-29-22)27(36)33-21-9-11-34(12-10-21)25-24-26(31-16-30-25)35(17-32-24)23-6-1-2-13-37-23/h3-5,7-8,14-17,21,23H,1-2,6,9-13H2,(H,33,36). The second kappa shape index (κ2) is 10.2. The summed E-state index contributed by atoms with van der Waals surface area (Å²) in [5.74, 6) is 0.343. The molecule has 2 fully saturated rings. The Morgan fingerprint density at radius 3 is 2.68 bits per heavy atom. The molecule has 37 heavy (non-hydrogen) atoms. The molecule has 1 unspecified atom stereocenters. The topological polar surface area (TPSA) is 98.1 Å². The highest BCUT2D eigenvalue weighted by Gasteiger charge is 2.26. The molecule has 1 amide bonds. The van der Waals surface area contributed by atoms with Crippen LogP contribution in [-0.4, -0.2) is 56.1 Å². The first-order valence-electron chi connectivity index (χ1n) is 12.7. The number of benzene rings is 1. The van der Waals surface area contributed by atoms with E-state index in [1.54, 1.807) is 36.9 Å².